The second-order valence-electron chi connectivity index (χ2n) is 3.97. The van der Waals surface area contributed by atoms with Gasteiger partial charge in [-0.25, -0.2) is 8.78 Å². The number of hydrogen-bond donors (Lipinski definition) is 0. The van der Waals surface area contributed by atoms with Gasteiger partial charge < -0.3 is 0 Å². The second kappa shape index (κ2) is 7.28. The molecule has 0 N–H and O–H groups in total. The van der Waals surface area contributed by atoms with Gasteiger partial charge in [-0.05, 0) is 18.8 Å². The lowest BCUT2D eigenvalue weighted by molar-refractivity contribution is 0.0636. The van der Waals surface area contributed by atoms with E-state index in [9.17, 15) is 8.78 Å². The molecule has 0 amide bonds. The Kier molecular flexibility index (Phi) is 7.20. The molecule has 0 aromatic rings. The van der Waals surface area contributed by atoms with Crippen LogP contribution >= 0.6 is 0 Å². The van der Waals surface area contributed by atoms with Crippen molar-refractivity contribution in [2.24, 2.45) is 11.8 Å². The predicted octanol–water partition coefficient (Wildman–Crippen LogP) is 4.49. The van der Waals surface area contributed by atoms with Gasteiger partial charge in [0.25, 0.3) is 0 Å². The molecule has 0 fully saturated rings. The molecular weight excluding hydrogens is 170 g/mol. The fourth-order valence-electron chi connectivity index (χ4n) is 1.47. The molecule has 13 heavy (non-hydrogen) atoms. The van der Waals surface area contributed by atoms with Crippen molar-refractivity contribution in [3.63, 3.8) is 0 Å². The molecule has 0 saturated heterocycles. The Morgan fingerprint density at radius 1 is 1.00 bits per heavy atom. The first-order valence-electron chi connectivity index (χ1n) is 5.39. The predicted molar refractivity (Wildman–Crippen MR) is 53.1 cm³/mol. The number of halogens is 2. The highest BCUT2D eigenvalue weighted by Gasteiger charge is 2.19. The molecule has 80 valence electrons. The molecule has 0 aliphatic heterocycles. The van der Waals surface area contributed by atoms with Gasteiger partial charge in [-0.2, -0.15) is 0 Å². The molecule has 0 nitrogen and oxygen atoms in total. The molecule has 0 heterocycles. The summed E-state index contributed by atoms with van der Waals surface area (Å²) in [4.78, 5) is 0. The van der Waals surface area contributed by atoms with E-state index in [0.29, 0.717) is 18.8 Å². The smallest absolute Gasteiger partial charge is 0.210 e. The number of alkyl halides is 2. The maximum Gasteiger partial charge on any atom is 0.241 e. The maximum atomic E-state index is 12.4. The summed E-state index contributed by atoms with van der Waals surface area (Å²) in [5.74, 6) is 0.233. The van der Waals surface area contributed by atoms with Crippen molar-refractivity contribution < 1.29 is 8.78 Å². The largest absolute Gasteiger partial charge is 0.241 e. The quantitative estimate of drug-likeness (QED) is 0.557. The summed E-state index contributed by atoms with van der Waals surface area (Å²) in [6.45, 7) is 6.22. The van der Waals surface area contributed by atoms with Crippen LogP contribution in [0.2, 0.25) is 0 Å². The minimum atomic E-state index is -2.12. The average Bonchev–Trinajstić information content (AvgIpc) is 2.11. The molecule has 2 atom stereocenters. The van der Waals surface area contributed by atoms with Crippen LogP contribution in [0.25, 0.3) is 0 Å². The van der Waals surface area contributed by atoms with E-state index in [2.05, 4.69) is 13.8 Å². The Morgan fingerprint density at radius 3 is 2.00 bits per heavy atom. The highest BCUT2D eigenvalue weighted by Crippen LogP contribution is 2.24. The van der Waals surface area contributed by atoms with Gasteiger partial charge >= 0.3 is 0 Å². The van der Waals surface area contributed by atoms with E-state index in [1.54, 1.807) is 0 Å². The van der Waals surface area contributed by atoms with Crippen molar-refractivity contribution >= 4 is 0 Å². The minimum absolute atomic E-state index is 0.362. The Hall–Kier alpha value is -0.140. The highest BCUT2D eigenvalue weighted by molar-refractivity contribution is 4.63. The summed E-state index contributed by atoms with van der Waals surface area (Å²) in [6.07, 6.45) is 2.17. The molecule has 0 bridgehead atoms. The van der Waals surface area contributed by atoms with Crippen molar-refractivity contribution in [3.05, 3.63) is 0 Å². The molecule has 0 rings (SSSR count). The summed E-state index contributed by atoms with van der Waals surface area (Å²) < 4.78 is 24.9. The van der Waals surface area contributed by atoms with Crippen LogP contribution in [-0.4, -0.2) is 6.43 Å². The topological polar surface area (TPSA) is 0 Å². The van der Waals surface area contributed by atoms with Gasteiger partial charge in [-0.3, -0.25) is 0 Å². The maximum absolute atomic E-state index is 12.4. The van der Waals surface area contributed by atoms with Crippen molar-refractivity contribution in [2.45, 2.75) is 59.3 Å². The minimum Gasteiger partial charge on any atom is -0.210 e. The van der Waals surface area contributed by atoms with E-state index in [1.165, 1.54) is 0 Å². The van der Waals surface area contributed by atoms with Gasteiger partial charge in [0.15, 0.2) is 0 Å². The Labute approximate surface area is 80.7 Å². The van der Waals surface area contributed by atoms with E-state index < -0.39 is 6.43 Å². The number of hydrogen-bond acceptors (Lipinski definition) is 0. The molecule has 0 spiro atoms. The van der Waals surface area contributed by atoms with Gasteiger partial charge in [-0.15, -0.1) is 0 Å². The van der Waals surface area contributed by atoms with Crippen LogP contribution in [-0.2, 0) is 0 Å². The SMILES string of the molecule is CCCC(CCC(C)CC)C(F)F. The summed E-state index contributed by atoms with van der Waals surface area (Å²) >= 11 is 0. The standard InChI is InChI=1S/C11H22F2/c1-4-6-10(11(12)13)8-7-9(3)5-2/h9-11H,4-8H2,1-3H3. The summed E-state index contributed by atoms with van der Waals surface area (Å²) in [7, 11) is 0. The van der Waals surface area contributed by atoms with Crippen molar-refractivity contribution in [1.82, 2.24) is 0 Å². The Morgan fingerprint density at radius 2 is 1.62 bits per heavy atom. The molecule has 0 radical (unpaired) electrons. The summed E-state index contributed by atoms with van der Waals surface area (Å²) in [5, 5.41) is 0. The molecular formula is C11H22F2. The lowest BCUT2D eigenvalue weighted by Crippen LogP contribution is -2.12. The Bertz CT molecular complexity index is 113. The van der Waals surface area contributed by atoms with E-state index >= 15 is 0 Å². The third-order valence-corrected chi connectivity index (χ3v) is 2.74. The molecule has 2 unspecified atom stereocenters. The zero-order valence-electron chi connectivity index (χ0n) is 9.02. The van der Waals surface area contributed by atoms with Crippen molar-refractivity contribution in [3.8, 4) is 0 Å². The monoisotopic (exact) mass is 192 g/mol. The van der Waals surface area contributed by atoms with E-state index in [1.807, 2.05) is 6.92 Å². The van der Waals surface area contributed by atoms with E-state index in [0.717, 1.165) is 19.3 Å². The lowest BCUT2D eigenvalue weighted by atomic mass is 9.93. The van der Waals surface area contributed by atoms with Crippen molar-refractivity contribution in [2.75, 3.05) is 0 Å². The summed E-state index contributed by atoms with van der Waals surface area (Å²) in [6, 6.07) is 0. The van der Waals surface area contributed by atoms with Crippen LogP contribution in [0.5, 0.6) is 0 Å². The van der Waals surface area contributed by atoms with Crippen LogP contribution in [0.3, 0.4) is 0 Å². The molecule has 0 aliphatic rings. The Balaban J connectivity index is 3.68. The third kappa shape index (κ3) is 6.00. The van der Waals surface area contributed by atoms with Crippen LogP contribution in [0.15, 0.2) is 0 Å². The van der Waals surface area contributed by atoms with Gasteiger partial charge in [0.2, 0.25) is 6.43 Å². The molecule has 0 aromatic carbocycles. The first kappa shape index (κ1) is 12.9. The van der Waals surface area contributed by atoms with Crippen molar-refractivity contribution in [1.29, 1.82) is 0 Å². The zero-order chi connectivity index (χ0) is 10.3. The molecule has 2 heteroatoms. The number of rotatable bonds is 7. The average molecular weight is 192 g/mol. The van der Waals surface area contributed by atoms with E-state index in [4.69, 9.17) is 0 Å². The van der Waals surface area contributed by atoms with Crippen LogP contribution in [0, 0.1) is 11.8 Å². The summed E-state index contributed by atoms with van der Waals surface area (Å²) in [5.41, 5.74) is 0. The van der Waals surface area contributed by atoms with Crippen LogP contribution in [0.4, 0.5) is 8.78 Å². The van der Waals surface area contributed by atoms with Crippen LogP contribution < -0.4 is 0 Å². The fraction of sp³-hybridized carbons (Fsp3) is 1.00. The van der Waals surface area contributed by atoms with E-state index in [-0.39, 0.29) is 5.92 Å². The van der Waals surface area contributed by atoms with Gasteiger partial charge in [0.05, 0.1) is 0 Å². The first-order valence-corrected chi connectivity index (χ1v) is 5.39. The van der Waals surface area contributed by atoms with Gasteiger partial charge in [0, 0.05) is 5.92 Å². The molecule has 0 saturated carbocycles. The third-order valence-electron chi connectivity index (χ3n) is 2.74. The van der Waals surface area contributed by atoms with Gasteiger partial charge in [-0.1, -0.05) is 40.0 Å². The lowest BCUT2D eigenvalue weighted by Gasteiger charge is -2.16. The zero-order valence-corrected chi connectivity index (χ0v) is 9.02. The highest BCUT2D eigenvalue weighted by atomic mass is 19.3. The molecule has 0 aliphatic carbocycles. The molecule has 0 aromatic heterocycles. The first-order chi connectivity index (χ1) is 6.11. The normalized spacial score (nSPS) is 16.2. The van der Waals surface area contributed by atoms with Gasteiger partial charge in [0.1, 0.15) is 0 Å². The fourth-order valence-corrected chi connectivity index (χ4v) is 1.47. The second-order valence-corrected chi connectivity index (χ2v) is 3.97. The van der Waals surface area contributed by atoms with Crippen LogP contribution in [0.1, 0.15) is 52.9 Å².